The molecule has 0 aliphatic heterocycles. The van der Waals surface area contributed by atoms with Crippen molar-refractivity contribution in [3.05, 3.63) is 6.20 Å². The molecule has 5 heteroatoms. The van der Waals surface area contributed by atoms with Crippen molar-refractivity contribution in [2.75, 3.05) is 11.9 Å². The molecule has 0 spiro atoms. The lowest BCUT2D eigenvalue weighted by atomic mass is 9.92. The second kappa shape index (κ2) is 4.17. The molecule has 1 heterocycles. The highest BCUT2D eigenvalue weighted by atomic mass is 35.5. The predicted octanol–water partition coefficient (Wildman–Crippen LogP) is 1.88. The fraction of sp³-hybridized carbons (Fsp3) is 0.778. The van der Waals surface area contributed by atoms with E-state index in [1.54, 1.807) is 10.9 Å². The molecule has 14 heavy (non-hydrogen) atoms. The molecule has 0 aliphatic carbocycles. The topological polar surface area (TPSA) is 42.7 Å². The number of hydrogen-bond acceptors (Lipinski definition) is 3. The molecule has 1 rings (SSSR count). The fourth-order valence-corrected chi connectivity index (χ4v) is 1.03. The van der Waals surface area contributed by atoms with Crippen molar-refractivity contribution in [2.45, 2.75) is 26.1 Å². The molecule has 0 saturated carbocycles. The molecule has 1 N–H and O–H groups in total. The SMILES string of the molecule is Cn1nncc1NCC(Cl)C(C)(C)C. The molecule has 0 radical (unpaired) electrons. The molecule has 0 fully saturated rings. The van der Waals surface area contributed by atoms with Crippen LogP contribution < -0.4 is 5.32 Å². The third-order valence-corrected chi connectivity index (χ3v) is 2.93. The molecular formula is C9H17ClN4. The van der Waals surface area contributed by atoms with Crippen LogP contribution >= 0.6 is 11.6 Å². The second-order valence-electron chi connectivity index (χ2n) is 4.46. The van der Waals surface area contributed by atoms with Crippen molar-refractivity contribution in [2.24, 2.45) is 12.5 Å². The van der Waals surface area contributed by atoms with Gasteiger partial charge in [0.2, 0.25) is 0 Å². The van der Waals surface area contributed by atoms with E-state index in [9.17, 15) is 0 Å². The van der Waals surface area contributed by atoms with Crippen LogP contribution in [0.25, 0.3) is 0 Å². The summed E-state index contributed by atoms with van der Waals surface area (Å²) in [5.41, 5.74) is 0.0978. The highest BCUT2D eigenvalue weighted by molar-refractivity contribution is 6.21. The summed E-state index contributed by atoms with van der Waals surface area (Å²) < 4.78 is 1.69. The van der Waals surface area contributed by atoms with Crippen molar-refractivity contribution in [1.82, 2.24) is 15.0 Å². The van der Waals surface area contributed by atoms with Gasteiger partial charge in [-0.05, 0) is 5.41 Å². The number of anilines is 1. The first-order valence-electron chi connectivity index (χ1n) is 4.64. The van der Waals surface area contributed by atoms with E-state index in [0.717, 1.165) is 5.82 Å². The summed E-state index contributed by atoms with van der Waals surface area (Å²) in [6.07, 6.45) is 1.69. The minimum Gasteiger partial charge on any atom is -0.367 e. The van der Waals surface area contributed by atoms with E-state index in [1.165, 1.54) is 0 Å². The number of aromatic nitrogens is 3. The first-order chi connectivity index (χ1) is 6.41. The molecule has 4 nitrogen and oxygen atoms in total. The Morgan fingerprint density at radius 2 is 2.21 bits per heavy atom. The van der Waals surface area contributed by atoms with Crippen molar-refractivity contribution >= 4 is 17.4 Å². The van der Waals surface area contributed by atoms with Gasteiger partial charge in [-0.3, -0.25) is 0 Å². The molecule has 0 aliphatic rings. The van der Waals surface area contributed by atoms with E-state index < -0.39 is 0 Å². The molecule has 0 saturated heterocycles. The predicted molar refractivity (Wildman–Crippen MR) is 58.6 cm³/mol. The summed E-state index contributed by atoms with van der Waals surface area (Å²) in [7, 11) is 1.84. The minimum absolute atomic E-state index is 0.0809. The lowest BCUT2D eigenvalue weighted by Gasteiger charge is -2.25. The zero-order valence-corrected chi connectivity index (χ0v) is 9.84. The maximum absolute atomic E-state index is 6.21. The van der Waals surface area contributed by atoms with Crippen molar-refractivity contribution in [3.8, 4) is 0 Å². The third kappa shape index (κ3) is 2.87. The summed E-state index contributed by atoms with van der Waals surface area (Å²) in [6, 6.07) is 0. The second-order valence-corrected chi connectivity index (χ2v) is 4.98. The zero-order valence-electron chi connectivity index (χ0n) is 9.08. The molecular weight excluding hydrogens is 200 g/mol. The van der Waals surface area contributed by atoms with Crippen LogP contribution in [0.5, 0.6) is 0 Å². The highest BCUT2D eigenvalue weighted by Crippen LogP contribution is 2.24. The van der Waals surface area contributed by atoms with Crippen LogP contribution in [0.4, 0.5) is 5.82 Å². The lowest BCUT2D eigenvalue weighted by Crippen LogP contribution is -2.28. The minimum atomic E-state index is 0.0809. The summed E-state index contributed by atoms with van der Waals surface area (Å²) in [4.78, 5) is 0. The van der Waals surface area contributed by atoms with Crippen LogP contribution in [-0.2, 0) is 7.05 Å². The highest BCUT2D eigenvalue weighted by Gasteiger charge is 2.21. The summed E-state index contributed by atoms with van der Waals surface area (Å²) in [5.74, 6) is 0.889. The Kier molecular flexibility index (Phi) is 3.37. The Hall–Kier alpha value is -0.770. The largest absolute Gasteiger partial charge is 0.367 e. The van der Waals surface area contributed by atoms with Crippen molar-refractivity contribution in [3.63, 3.8) is 0 Å². The van der Waals surface area contributed by atoms with Crippen LogP contribution in [-0.4, -0.2) is 26.9 Å². The zero-order chi connectivity index (χ0) is 10.8. The number of halogens is 1. The Balaban J connectivity index is 2.46. The van der Waals surface area contributed by atoms with Gasteiger partial charge in [0.25, 0.3) is 0 Å². The van der Waals surface area contributed by atoms with E-state index in [2.05, 4.69) is 36.4 Å². The van der Waals surface area contributed by atoms with Crippen LogP contribution in [0, 0.1) is 5.41 Å². The monoisotopic (exact) mass is 216 g/mol. The Bertz CT molecular complexity index is 289. The van der Waals surface area contributed by atoms with Gasteiger partial charge in [0.1, 0.15) is 5.82 Å². The maximum Gasteiger partial charge on any atom is 0.144 e. The first-order valence-corrected chi connectivity index (χ1v) is 5.07. The van der Waals surface area contributed by atoms with E-state index in [1.807, 2.05) is 7.05 Å². The lowest BCUT2D eigenvalue weighted by molar-refractivity contribution is 0.397. The van der Waals surface area contributed by atoms with Gasteiger partial charge in [0.15, 0.2) is 0 Å². The number of nitrogens with one attached hydrogen (secondary N) is 1. The number of alkyl halides is 1. The summed E-state index contributed by atoms with van der Waals surface area (Å²) in [6.45, 7) is 7.07. The van der Waals surface area contributed by atoms with Crippen LogP contribution in [0.15, 0.2) is 6.20 Å². The summed E-state index contributed by atoms with van der Waals surface area (Å²) >= 11 is 6.21. The number of nitrogens with zero attached hydrogens (tertiary/aromatic N) is 3. The van der Waals surface area contributed by atoms with E-state index >= 15 is 0 Å². The molecule has 0 aromatic carbocycles. The average Bonchev–Trinajstić information content (AvgIpc) is 2.45. The Morgan fingerprint density at radius 3 is 2.64 bits per heavy atom. The van der Waals surface area contributed by atoms with Gasteiger partial charge in [-0.15, -0.1) is 16.7 Å². The van der Waals surface area contributed by atoms with Crippen LogP contribution in [0.1, 0.15) is 20.8 Å². The normalized spacial score (nSPS) is 14.1. The van der Waals surface area contributed by atoms with Gasteiger partial charge in [-0.1, -0.05) is 26.0 Å². The van der Waals surface area contributed by atoms with Gasteiger partial charge in [0, 0.05) is 13.6 Å². The molecule has 0 bridgehead atoms. The van der Waals surface area contributed by atoms with E-state index in [0.29, 0.717) is 6.54 Å². The van der Waals surface area contributed by atoms with Crippen LogP contribution in [0.2, 0.25) is 0 Å². The Morgan fingerprint density at radius 1 is 1.57 bits per heavy atom. The number of rotatable bonds is 3. The average molecular weight is 217 g/mol. The van der Waals surface area contributed by atoms with E-state index in [-0.39, 0.29) is 10.8 Å². The standard InChI is InChI=1S/C9H17ClN4/c1-9(2,3)7(10)5-11-8-6-12-13-14(8)4/h6-7,11H,5H2,1-4H3. The fourth-order valence-electron chi connectivity index (χ4n) is 0.950. The maximum atomic E-state index is 6.21. The van der Waals surface area contributed by atoms with Crippen molar-refractivity contribution < 1.29 is 0 Å². The van der Waals surface area contributed by atoms with Gasteiger partial charge < -0.3 is 5.32 Å². The number of aryl methyl sites for hydroxylation is 1. The van der Waals surface area contributed by atoms with Crippen molar-refractivity contribution in [1.29, 1.82) is 0 Å². The first kappa shape index (κ1) is 11.3. The van der Waals surface area contributed by atoms with Gasteiger partial charge >= 0.3 is 0 Å². The molecule has 80 valence electrons. The van der Waals surface area contributed by atoms with Gasteiger partial charge in [-0.25, -0.2) is 4.68 Å². The smallest absolute Gasteiger partial charge is 0.144 e. The third-order valence-electron chi connectivity index (χ3n) is 2.12. The van der Waals surface area contributed by atoms with E-state index in [4.69, 9.17) is 11.6 Å². The van der Waals surface area contributed by atoms with Gasteiger partial charge in [-0.2, -0.15) is 0 Å². The van der Waals surface area contributed by atoms with Crippen LogP contribution in [0.3, 0.4) is 0 Å². The van der Waals surface area contributed by atoms with Gasteiger partial charge in [0.05, 0.1) is 11.6 Å². The quantitative estimate of drug-likeness (QED) is 0.785. The summed E-state index contributed by atoms with van der Waals surface area (Å²) in [5, 5.41) is 10.9. The molecule has 1 aromatic rings. The number of hydrogen-bond donors (Lipinski definition) is 1. The molecule has 1 atom stereocenters. The Labute approximate surface area is 89.6 Å². The molecule has 1 unspecified atom stereocenters. The molecule has 1 aromatic heterocycles. The molecule has 0 amide bonds.